The molecule has 7 heteroatoms. The van der Waals surface area contributed by atoms with Crippen LogP contribution in [-0.4, -0.2) is 26.7 Å². The standard InChI is InChI=1S/C14H17BrN4O2/c1-14(2,3)21-13(20)16-8-11-9-19(18-17-11)12-6-4-10(15)5-7-12/h4-7,9H,8H2,1-3H3,(H,16,20). The molecule has 0 aliphatic carbocycles. The van der Waals surface area contributed by atoms with Crippen molar-refractivity contribution < 1.29 is 9.53 Å². The first kappa shape index (κ1) is 15.5. The zero-order valence-corrected chi connectivity index (χ0v) is 13.7. The van der Waals surface area contributed by atoms with Gasteiger partial charge in [0.2, 0.25) is 0 Å². The number of benzene rings is 1. The highest BCUT2D eigenvalue weighted by Gasteiger charge is 2.16. The summed E-state index contributed by atoms with van der Waals surface area (Å²) in [6.45, 7) is 5.72. The van der Waals surface area contributed by atoms with Gasteiger partial charge in [-0.25, -0.2) is 9.48 Å². The summed E-state index contributed by atoms with van der Waals surface area (Å²) in [6.07, 6.45) is 1.29. The molecule has 0 fully saturated rings. The van der Waals surface area contributed by atoms with Gasteiger partial charge >= 0.3 is 6.09 Å². The lowest BCUT2D eigenvalue weighted by Crippen LogP contribution is -2.32. The summed E-state index contributed by atoms with van der Waals surface area (Å²) in [4.78, 5) is 11.6. The smallest absolute Gasteiger partial charge is 0.407 e. The van der Waals surface area contributed by atoms with Crippen molar-refractivity contribution in [3.05, 3.63) is 40.6 Å². The number of alkyl carbamates (subject to hydrolysis) is 1. The van der Waals surface area contributed by atoms with Crippen LogP contribution in [0.25, 0.3) is 5.69 Å². The van der Waals surface area contributed by atoms with Gasteiger partial charge in [-0.1, -0.05) is 21.1 Å². The van der Waals surface area contributed by atoms with E-state index in [9.17, 15) is 4.79 Å². The van der Waals surface area contributed by atoms with Gasteiger partial charge in [0.1, 0.15) is 11.3 Å². The Morgan fingerprint density at radius 2 is 2.00 bits per heavy atom. The van der Waals surface area contributed by atoms with Gasteiger partial charge in [0, 0.05) is 4.47 Å². The molecule has 21 heavy (non-hydrogen) atoms. The van der Waals surface area contributed by atoms with Crippen molar-refractivity contribution in [1.82, 2.24) is 20.3 Å². The fraction of sp³-hybridized carbons (Fsp3) is 0.357. The number of nitrogens with one attached hydrogen (secondary N) is 1. The van der Waals surface area contributed by atoms with Crippen LogP contribution in [0.5, 0.6) is 0 Å². The topological polar surface area (TPSA) is 69.0 Å². The second-order valence-corrected chi connectivity index (χ2v) is 6.40. The number of nitrogens with zero attached hydrogens (tertiary/aromatic N) is 3. The first-order valence-corrected chi connectivity index (χ1v) is 7.27. The third kappa shape index (κ3) is 4.86. The summed E-state index contributed by atoms with van der Waals surface area (Å²) in [6, 6.07) is 7.69. The van der Waals surface area contributed by atoms with Gasteiger partial charge in [-0.2, -0.15) is 0 Å². The van der Waals surface area contributed by atoms with Crippen molar-refractivity contribution in [3.63, 3.8) is 0 Å². The maximum absolute atomic E-state index is 11.6. The van der Waals surface area contributed by atoms with E-state index < -0.39 is 11.7 Å². The Labute approximate surface area is 131 Å². The molecule has 0 saturated heterocycles. The zero-order chi connectivity index (χ0) is 15.5. The molecular weight excluding hydrogens is 336 g/mol. The van der Waals surface area contributed by atoms with Crippen LogP contribution in [0.4, 0.5) is 4.79 Å². The summed E-state index contributed by atoms with van der Waals surface area (Å²) in [5.74, 6) is 0. The van der Waals surface area contributed by atoms with E-state index in [1.165, 1.54) is 0 Å². The average Bonchev–Trinajstić information content (AvgIpc) is 2.84. The predicted octanol–water partition coefficient (Wildman–Crippen LogP) is 3.05. The molecule has 2 aromatic rings. The van der Waals surface area contributed by atoms with E-state index in [2.05, 4.69) is 31.6 Å². The highest BCUT2D eigenvalue weighted by atomic mass is 79.9. The lowest BCUT2D eigenvalue weighted by atomic mass is 10.2. The molecule has 1 aromatic carbocycles. The number of rotatable bonds is 3. The number of ether oxygens (including phenoxy) is 1. The number of aromatic nitrogens is 3. The van der Waals surface area contributed by atoms with Gasteiger partial charge < -0.3 is 10.1 Å². The molecule has 0 spiro atoms. The molecule has 1 aromatic heterocycles. The summed E-state index contributed by atoms with van der Waals surface area (Å²) < 4.78 is 7.80. The molecule has 0 saturated carbocycles. The van der Waals surface area contributed by atoms with E-state index >= 15 is 0 Å². The lowest BCUT2D eigenvalue weighted by Gasteiger charge is -2.19. The SMILES string of the molecule is CC(C)(C)OC(=O)NCc1cn(-c2ccc(Br)cc2)nn1. The highest BCUT2D eigenvalue weighted by molar-refractivity contribution is 9.10. The number of carbonyl (C=O) groups is 1. The third-order valence-corrected chi connectivity index (χ3v) is 2.97. The molecule has 2 rings (SSSR count). The fourth-order valence-electron chi connectivity index (χ4n) is 1.58. The minimum atomic E-state index is -0.515. The van der Waals surface area contributed by atoms with Crippen LogP contribution in [-0.2, 0) is 11.3 Å². The van der Waals surface area contributed by atoms with Crippen LogP contribution in [0, 0.1) is 0 Å². The highest BCUT2D eigenvalue weighted by Crippen LogP contribution is 2.13. The average molecular weight is 353 g/mol. The zero-order valence-electron chi connectivity index (χ0n) is 12.1. The predicted molar refractivity (Wildman–Crippen MR) is 82.1 cm³/mol. The van der Waals surface area contributed by atoms with Crippen LogP contribution in [0.2, 0.25) is 0 Å². The van der Waals surface area contributed by atoms with E-state index in [0.29, 0.717) is 5.69 Å². The number of halogens is 1. The van der Waals surface area contributed by atoms with Crippen LogP contribution in [0.15, 0.2) is 34.9 Å². The van der Waals surface area contributed by atoms with Crippen LogP contribution >= 0.6 is 15.9 Å². The molecule has 0 bridgehead atoms. The van der Waals surface area contributed by atoms with Crippen molar-refractivity contribution in [1.29, 1.82) is 0 Å². The number of carbonyl (C=O) groups excluding carboxylic acids is 1. The van der Waals surface area contributed by atoms with E-state index in [1.807, 2.05) is 45.0 Å². The molecular formula is C14H17BrN4O2. The largest absolute Gasteiger partial charge is 0.444 e. The van der Waals surface area contributed by atoms with Gasteiger partial charge in [-0.15, -0.1) is 5.10 Å². The molecule has 0 radical (unpaired) electrons. The Morgan fingerprint density at radius 1 is 1.33 bits per heavy atom. The minimum Gasteiger partial charge on any atom is -0.444 e. The Hall–Kier alpha value is -1.89. The van der Waals surface area contributed by atoms with E-state index in [0.717, 1.165) is 10.2 Å². The van der Waals surface area contributed by atoms with Gasteiger partial charge in [0.25, 0.3) is 0 Å². The van der Waals surface area contributed by atoms with Gasteiger partial charge in [-0.05, 0) is 45.0 Å². The van der Waals surface area contributed by atoms with Gasteiger partial charge in [0.15, 0.2) is 0 Å². The van der Waals surface area contributed by atoms with Crippen LogP contribution in [0.3, 0.4) is 0 Å². The van der Waals surface area contributed by atoms with Crippen molar-refractivity contribution in [2.45, 2.75) is 32.9 Å². The van der Waals surface area contributed by atoms with Crippen molar-refractivity contribution in [3.8, 4) is 5.69 Å². The number of hydrogen-bond donors (Lipinski definition) is 1. The molecule has 1 heterocycles. The monoisotopic (exact) mass is 352 g/mol. The van der Waals surface area contributed by atoms with Gasteiger partial charge in [0.05, 0.1) is 18.4 Å². The molecule has 1 N–H and O–H groups in total. The van der Waals surface area contributed by atoms with Crippen molar-refractivity contribution >= 4 is 22.0 Å². The Balaban J connectivity index is 1.94. The van der Waals surface area contributed by atoms with E-state index in [-0.39, 0.29) is 6.54 Å². The maximum Gasteiger partial charge on any atom is 0.407 e. The van der Waals surface area contributed by atoms with Crippen molar-refractivity contribution in [2.75, 3.05) is 0 Å². The molecule has 0 atom stereocenters. The molecule has 0 aliphatic rings. The summed E-state index contributed by atoms with van der Waals surface area (Å²) in [5.41, 5.74) is 1.04. The molecule has 1 amide bonds. The second-order valence-electron chi connectivity index (χ2n) is 5.49. The Bertz CT molecular complexity index is 617. The summed E-state index contributed by atoms with van der Waals surface area (Å²) in [7, 11) is 0. The Morgan fingerprint density at radius 3 is 2.62 bits per heavy atom. The van der Waals surface area contributed by atoms with E-state index in [4.69, 9.17) is 4.74 Å². The third-order valence-electron chi connectivity index (χ3n) is 2.44. The fourth-order valence-corrected chi connectivity index (χ4v) is 1.84. The normalized spacial score (nSPS) is 11.2. The van der Waals surface area contributed by atoms with Crippen LogP contribution < -0.4 is 5.32 Å². The summed E-state index contributed by atoms with van der Waals surface area (Å²) >= 11 is 3.38. The van der Waals surface area contributed by atoms with Crippen LogP contribution in [0.1, 0.15) is 26.5 Å². The van der Waals surface area contributed by atoms with Gasteiger partial charge in [-0.3, -0.25) is 0 Å². The lowest BCUT2D eigenvalue weighted by molar-refractivity contribution is 0.0523. The molecule has 0 aliphatic heterocycles. The maximum atomic E-state index is 11.6. The molecule has 0 unspecified atom stereocenters. The number of amides is 1. The first-order chi connectivity index (χ1) is 9.83. The molecule has 6 nitrogen and oxygen atoms in total. The Kier molecular flexibility index (Phi) is 4.62. The van der Waals surface area contributed by atoms with Crippen molar-refractivity contribution in [2.24, 2.45) is 0 Å². The minimum absolute atomic E-state index is 0.269. The molecule has 112 valence electrons. The summed E-state index contributed by atoms with van der Waals surface area (Å²) in [5, 5.41) is 10.7. The quantitative estimate of drug-likeness (QED) is 0.921. The van der Waals surface area contributed by atoms with E-state index in [1.54, 1.807) is 10.9 Å². The second kappa shape index (κ2) is 6.26. The number of hydrogen-bond acceptors (Lipinski definition) is 4. The first-order valence-electron chi connectivity index (χ1n) is 6.47.